The lowest BCUT2D eigenvalue weighted by Gasteiger charge is -2.26. The molecule has 0 saturated carbocycles. The third-order valence-electron chi connectivity index (χ3n) is 2.83. The zero-order valence-corrected chi connectivity index (χ0v) is 9.74. The fraction of sp³-hybridized carbons (Fsp3) is 1.00. The highest BCUT2D eigenvalue weighted by atomic mass is 16.5. The molecule has 1 heterocycles. The number of hydrogen-bond acceptors (Lipinski definition) is 4. The molecule has 0 aromatic carbocycles. The molecule has 0 spiro atoms. The van der Waals surface area contributed by atoms with Gasteiger partial charge >= 0.3 is 0 Å². The van der Waals surface area contributed by atoms with Crippen molar-refractivity contribution in [1.82, 2.24) is 10.2 Å². The quantitative estimate of drug-likeness (QED) is 0.591. The fourth-order valence-electron chi connectivity index (χ4n) is 1.66. The van der Waals surface area contributed by atoms with Gasteiger partial charge in [0.25, 0.3) is 0 Å². The standard InChI is InChI=1S/C11H24N2O2/c1-2-11(14)3-4-12-5-6-13-7-9-15-10-8-13/h11-12,14H,2-10H2,1H3. The Bertz CT molecular complexity index is 150. The van der Waals surface area contributed by atoms with Crippen LogP contribution in [0.4, 0.5) is 0 Å². The van der Waals surface area contributed by atoms with Gasteiger partial charge in [-0.3, -0.25) is 4.90 Å². The van der Waals surface area contributed by atoms with Crippen LogP contribution < -0.4 is 5.32 Å². The van der Waals surface area contributed by atoms with Crippen molar-refractivity contribution >= 4 is 0 Å². The van der Waals surface area contributed by atoms with Crippen LogP contribution in [0.3, 0.4) is 0 Å². The Labute approximate surface area is 92.6 Å². The zero-order valence-electron chi connectivity index (χ0n) is 9.74. The number of aliphatic hydroxyl groups excluding tert-OH is 1. The zero-order chi connectivity index (χ0) is 10.9. The molecule has 1 aliphatic rings. The number of nitrogens with zero attached hydrogens (tertiary/aromatic N) is 1. The maximum atomic E-state index is 9.34. The molecule has 4 nitrogen and oxygen atoms in total. The Morgan fingerprint density at radius 1 is 1.33 bits per heavy atom. The average Bonchev–Trinajstić information content (AvgIpc) is 2.29. The van der Waals surface area contributed by atoms with Crippen molar-refractivity contribution < 1.29 is 9.84 Å². The second-order valence-corrected chi connectivity index (χ2v) is 4.05. The number of aliphatic hydroxyl groups is 1. The van der Waals surface area contributed by atoms with Crippen LogP contribution >= 0.6 is 0 Å². The minimum atomic E-state index is -0.138. The van der Waals surface area contributed by atoms with E-state index in [4.69, 9.17) is 4.74 Å². The van der Waals surface area contributed by atoms with Gasteiger partial charge in [0.05, 0.1) is 19.3 Å². The van der Waals surface area contributed by atoms with E-state index in [0.717, 1.165) is 58.8 Å². The van der Waals surface area contributed by atoms with E-state index in [9.17, 15) is 5.11 Å². The van der Waals surface area contributed by atoms with Crippen molar-refractivity contribution in [2.75, 3.05) is 45.9 Å². The molecule has 0 radical (unpaired) electrons. The van der Waals surface area contributed by atoms with Crippen LogP contribution in [0.5, 0.6) is 0 Å². The first-order valence-corrected chi connectivity index (χ1v) is 6.01. The highest BCUT2D eigenvalue weighted by molar-refractivity contribution is 4.63. The second-order valence-electron chi connectivity index (χ2n) is 4.05. The van der Waals surface area contributed by atoms with Crippen LogP contribution in [-0.2, 0) is 4.74 Å². The minimum absolute atomic E-state index is 0.138. The number of ether oxygens (including phenoxy) is 1. The van der Waals surface area contributed by atoms with Gasteiger partial charge in [0, 0.05) is 26.2 Å². The van der Waals surface area contributed by atoms with Crippen molar-refractivity contribution in [1.29, 1.82) is 0 Å². The van der Waals surface area contributed by atoms with Gasteiger partial charge in [-0.25, -0.2) is 0 Å². The molecule has 15 heavy (non-hydrogen) atoms. The summed E-state index contributed by atoms with van der Waals surface area (Å²) in [6, 6.07) is 0. The van der Waals surface area contributed by atoms with E-state index in [1.807, 2.05) is 6.92 Å². The van der Waals surface area contributed by atoms with E-state index in [-0.39, 0.29) is 6.10 Å². The molecule has 1 aliphatic heterocycles. The molecule has 0 aromatic rings. The van der Waals surface area contributed by atoms with Crippen LogP contribution in [0, 0.1) is 0 Å². The largest absolute Gasteiger partial charge is 0.393 e. The topological polar surface area (TPSA) is 44.7 Å². The van der Waals surface area contributed by atoms with Gasteiger partial charge in [-0.2, -0.15) is 0 Å². The number of hydrogen-bond donors (Lipinski definition) is 2. The normalized spacial score (nSPS) is 20.4. The van der Waals surface area contributed by atoms with E-state index >= 15 is 0 Å². The first kappa shape index (κ1) is 12.9. The van der Waals surface area contributed by atoms with Gasteiger partial charge in [-0.05, 0) is 19.4 Å². The predicted molar refractivity (Wildman–Crippen MR) is 61.0 cm³/mol. The van der Waals surface area contributed by atoms with Crippen molar-refractivity contribution in [2.45, 2.75) is 25.9 Å². The molecule has 2 N–H and O–H groups in total. The van der Waals surface area contributed by atoms with Crippen LogP contribution in [0.1, 0.15) is 19.8 Å². The Morgan fingerprint density at radius 2 is 2.07 bits per heavy atom. The van der Waals surface area contributed by atoms with Crippen molar-refractivity contribution in [2.24, 2.45) is 0 Å². The van der Waals surface area contributed by atoms with E-state index in [2.05, 4.69) is 10.2 Å². The Hall–Kier alpha value is -0.160. The molecule has 1 fully saturated rings. The second kappa shape index (κ2) is 8.05. The number of nitrogens with one attached hydrogen (secondary N) is 1. The predicted octanol–water partition coefficient (Wildman–Crippen LogP) is 0.0692. The van der Waals surface area contributed by atoms with Gasteiger partial charge in [0.1, 0.15) is 0 Å². The highest BCUT2D eigenvalue weighted by Crippen LogP contribution is 1.96. The SMILES string of the molecule is CCC(O)CCNCCN1CCOCC1. The Morgan fingerprint density at radius 3 is 2.73 bits per heavy atom. The molecule has 0 aromatic heterocycles. The summed E-state index contributed by atoms with van der Waals surface area (Å²) in [5.41, 5.74) is 0. The molecular weight excluding hydrogens is 192 g/mol. The highest BCUT2D eigenvalue weighted by Gasteiger charge is 2.08. The molecule has 90 valence electrons. The van der Waals surface area contributed by atoms with Crippen molar-refractivity contribution in [3.05, 3.63) is 0 Å². The first-order valence-electron chi connectivity index (χ1n) is 6.01. The molecule has 4 heteroatoms. The van der Waals surface area contributed by atoms with E-state index < -0.39 is 0 Å². The van der Waals surface area contributed by atoms with Gasteiger partial charge in [0.15, 0.2) is 0 Å². The molecule has 0 bridgehead atoms. The number of rotatable bonds is 7. The lowest BCUT2D eigenvalue weighted by Crippen LogP contribution is -2.40. The maximum absolute atomic E-state index is 9.34. The molecule has 1 atom stereocenters. The maximum Gasteiger partial charge on any atom is 0.0594 e. The van der Waals surface area contributed by atoms with Crippen LogP contribution in [-0.4, -0.2) is 62.0 Å². The summed E-state index contributed by atoms with van der Waals surface area (Å²) in [6.07, 6.45) is 1.57. The van der Waals surface area contributed by atoms with Gasteiger partial charge < -0.3 is 15.2 Å². The summed E-state index contributed by atoms with van der Waals surface area (Å²) in [6.45, 7) is 8.88. The smallest absolute Gasteiger partial charge is 0.0594 e. The molecule has 0 amide bonds. The van der Waals surface area contributed by atoms with Crippen LogP contribution in [0.25, 0.3) is 0 Å². The molecular formula is C11H24N2O2. The van der Waals surface area contributed by atoms with E-state index in [0.29, 0.717) is 0 Å². The molecule has 1 unspecified atom stereocenters. The Kier molecular flexibility index (Phi) is 6.92. The summed E-state index contributed by atoms with van der Waals surface area (Å²) >= 11 is 0. The summed E-state index contributed by atoms with van der Waals surface area (Å²) in [5.74, 6) is 0. The van der Waals surface area contributed by atoms with E-state index in [1.165, 1.54) is 0 Å². The van der Waals surface area contributed by atoms with Gasteiger partial charge in [-0.15, -0.1) is 0 Å². The average molecular weight is 216 g/mol. The fourth-order valence-corrected chi connectivity index (χ4v) is 1.66. The van der Waals surface area contributed by atoms with Crippen LogP contribution in [0.2, 0.25) is 0 Å². The summed E-state index contributed by atoms with van der Waals surface area (Å²) < 4.78 is 5.28. The van der Waals surface area contributed by atoms with Crippen LogP contribution in [0.15, 0.2) is 0 Å². The third-order valence-corrected chi connectivity index (χ3v) is 2.83. The lowest BCUT2D eigenvalue weighted by molar-refractivity contribution is 0.0383. The van der Waals surface area contributed by atoms with Crippen molar-refractivity contribution in [3.8, 4) is 0 Å². The lowest BCUT2D eigenvalue weighted by atomic mass is 10.2. The van der Waals surface area contributed by atoms with Crippen molar-refractivity contribution in [3.63, 3.8) is 0 Å². The van der Waals surface area contributed by atoms with Gasteiger partial charge in [-0.1, -0.05) is 6.92 Å². The van der Waals surface area contributed by atoms with E-state index in [1.54, 1.807) is 0 Å². The molecule has 1 rings (SSSR count). The summed E-state index contributed by atoms with van der Waals surface area (Å²) in [5, 5.41) is 12.7. The first-order chi connectivity index (χ1) is 7.33. The third kappa shape index (κ3) is 6.10. The summed E-state index contributed by atoms with van der Waals surface area (Å²) in [7, 11) is 0. The van der Waals surface area contributed by atoms with Gasteiger partial charge in [0.2, 0.25) is 0 Å². The monoisotopic (exact) mass is 216 g/mol. The molecule has 1 saturated heterocycles. The molecule has 0 aliphatic carbocycles. The number of morpholine rings is 1. The Balaban J connectivity index is 1.87. The summed E-state index contributed by atoms with van der Waals surface area (Å²) in [4.78, 5) is 2.41. The minimum Gasteiger partial charge on any atom is -0.393 e.